The molecule has 0 aromatic heterocycles. The Labute approximate surface area is 144 Å². The fourth-order valence-electron chi connectivity index (χ4n) is 2.25. The Balaban J connectivity index is 2.38. The van der Waals surface area contributed by atoms with Gasteiger partial charge in [0.05, 0.1) is 9.13 Å². The molecule has 20 heavy (non-hydrogen) atoms. The number of amides is 2. The van der Waals surface area contributed by atoms with Crippen LogP contribution in [-0.2, 0) is 4.79 Å². The van der Waals surface area contributed by atoms with Crippen LogP contribution in [0.4, 0.5) is 0 Å². The van der Waals surface area contributed by atoms with Crippen LogP contribution in [0.3, 0.4) is 0 Å². The number of hydrogen-bond donors (Lipinski definition) is 2. The highest BCUT2D eigenvalue weighted by molar-refractivity contribution is 14.1. The van der Waals surface area contributed by atoms with Gasteiger partial charge in [-0.25, -0.2) is 0 Å². The molecular weight excluding hydrogens is 486 g/mol. The highest BCUT2D eigenvalue weighted by atomic mass is 127. The lowest BCUT2D eigenvalue weighted by molar-refractivity contribution is -0.127. The topological polar surface area (TPSA) is 69.6 Å². The molecule has 2 N–H and O–H groups in total. The van der Waals surface area contributed by atoms with Gasteiger partial charge in [0, 0.05) is 16.7 Å². The van der Waals surface area contributed by atoms with E-state index < -0.39 is 6.04 Å². The van der Waals surface area contributed by atoms with Crippen molar-refractivity contribution in [2.24, 2.45) is 0 Å². The van der Waals surface area contributed by atoms with Crippen molar-refractivity contribution in [2.75, 3.05) is 13.1 Å². The molecule has 0 spiro atoms. The Morgan fingerprint density at radius 3 is 2.85 bits per heavy atom. The maximum Gasteiger partial charge on any atom is 0.258 e. The molecule has 0 aliphatic carbocycles. The van der Waals surface area contributed by atoms with Gasteiger partial charge in [0.15, 0.2) is 0 Å². The maximum absolute atomic E-state index is 12.6. The number of nitrogens with zero attached hydrogens (tertiary/aromatic N) is 1. The van der Waals surface area contributed by atoms with Gasteiger partial charge in [-0.1, -0.05) is 6.92 Å². The molecule has 1 aliphatic rings. The van der Waals surface area contributed by atoms with Gasteiger partial charge in [0.1, 0.15) is 11.8 Å². The number of carbonyl (C=O) groups is 2. The second-order valence-electron chi connectivity index (χ2n) is 4.50. The summed E-state index contributed by atoms with van der Waals surface area (Å²) in [7, 11) is 0. The van der Waals surface area contributed by atoms with Crippen molar-refractivity contribution in [1.82, 2.24) is 10.2 Å². The smallest absolute Gasteiger partial charge is 0.258 e. The standard InChI is InChI=1S/C13H14I2N2O3/c1-2-10-12(19)16-3-4-17(10)13(20)8-5-7(14)6-9(15)11(8)18/h5-6,10,18H,2-4H2,1H3,(H,16,19). The van der Waals surface area contributed by atoms with Gasteiger partial charge >= 0.3 is 0 Å². The highest BCUT2D eigenvalue weighted by Gasteiger charge is 2.33. The number of hydrogen-bond acceptors (Lipinski definition) is 3. The number of benzene rings is 1. The maximum atomic E-state index is 12.6. The molecule has 7 heteroatoms. The van der Waals surface area contributed by atoms with Gasteiger partial charge in [-0.15, -0.1) is 0 Å². The molecule has 2 amide bonds. The van der Waals surface area contributed by atoms with E-state index in [0.29, 0.717) is 23.1 Å². The van der Waals surface area contributed by atoms with Crippen LogP contribution in [0.15, 0.2) is 12.1 Å². The number of nitrogens with one attached hydrogen (secondary N) is 1. The van der Waals surface area contributed by atoms with Crippen LogP contribution in [-0.4, -0.2) is 41.0 Å². The molecular formula is C13H14I2N2O3. The molecule has 1 fully saturated rings. The summed E-state index contributed by atoms with van der Waals surface area (Å²) in [5, 5.41) is 12.8. The second-order valence-corrected chi connectivity index (χ2v) is 6.91. The molecule has 2 rings (SSSR count). The first-order valence-electron chi connectivity index (χ1n) is 6.22. The summed E-state index contributed by atoms with van der Waals surface area (Å²) >= 11 is 4.10. The Bertz CT molecular complexity index is 563. The minimum Gasteiger partial charge on any atom is -0.506 e. The van der Waals surface area contributed by atoms with E-state index in [1.165, 1.54) is 0 Å². The van der Waals surface area contributed by atoms with E-state index in [0.717, 1.165) is 3.57 Å². The molecule has 1 unspecified atom stereocenters. The fraction of sp³-hybridized carbons (Fsp3) is 0.385. The number of carbonyl (C=O) groups excluding carboxylic acids is 2. The lowest BCUT2D eigenvalue weighted by Gasteiger charge is -2.34. The molecule has 1 atom stereocenters. The van der Waals surface area contributed by atoms with Crippen LogP contribution in [0.5, 0.6) is 5.75 Å². The average Bonchev–Trinajstić information content (AvgIpc) is 2.41. The molecule has 0 saturated carbocycles. The van der Waals surface area contributed by atoms with Crippen molar-refractivity contribution < 1.29 is 14.7 Å². The van der Waals surface area contributed by atoms with Gasteiger partial charge in [0.2, 0.25) is 5.91 Å². The Hall–Kier alpha value is -0.580. The average molecular weight is 500 g/mol. The van der Waals surface area contributed by atoms with Crippen molar-refractivity contribution in [3.8, 4) is 5.75 Å². The van der Waals surface area contributed by atoms with E-state index in [-0.39, 0.29) is 23.1 Å². The second kappa shape index (κ2) is 6.46. The van der Waals surface area contributed by atoms with Crippen LogP contribution < -0.4 is 5.32 Å². The number of phenolic OH excluding ortho intramolecular Hbond substituents is 1. The van der Waals surface area contributed by atoms with E-state index in [1.54, 1.807) is 17.0 Å². The zero-order valence-corrected chi connectivity index (χ0v) is 15.1. The highest BCUT2D eigenvalue weighted by Crippen LogP contribution is 2.29. The lowest BCUT2D eigenvalue weighted by Crippen LogP contribution is -2.56. The quantitative estimate of drug-likeness (QED) is 0.611. The van der Waals surface area contributed by atoms with Crippen LogP contribution in [0.2, 0.25) is 0 Å². The molecule has 1 heterocycles. The van der Waals surface area contributed by atoms with Crippen molar-refractivity contribution in [2.45, 2.75) is 19.4 Å². The van der Waals surface area contributed by atoms with Crippen molar-refractivity contribution in [3.63, 3.8) is 0 Å². The van der Waals surface area contributed by atoms with E-state index in [4.69, 9.17) is 0 Å². The largest absolute Gasteiger partial charge is 0.506 e. The van der Waals surface area contributed by atoms with Gasteiger partial charge in [-0.05, 0) is 63.7 Å². The molecule has 0 bridgehead atoms. The summed E-state index contributed by atoms with van der Waals surface area (Å²) in [6.45, 7) is 2.78. The summed E-state index contributed by atoms with van der Waals surface area (Å²) in [5.41, 5.74) is 0.259. The number of halogens is 2. The first kappa shape index (κ1) is 15.8. The molecule has 1 aromatic rings. The van der Waals surface area contributed by atoms with Crippen LogP contribution >= 0.6 is 45.2 Å². The number of piperazine rings is 1. The fourth-order valence-corrected chi connectivity index (χ4v) is 4.09. The zero-order chi connectivity index (χ0) is 14.9. The minimum atomic E-state index is -0.467. The Morgan fingerprint density at radius 1 is 1.50 bits per heavy atom. The molecule has 5 nitrogen and oxygen atoms in total. The summed E-state index contributed by atoms with van der Waals surface area (Å²) in [4.78, 5) is 26.0. The molecule has 1 saturated heterocycles. The molecule has 108 valence electrons. The molecule has 0 radical (unpaired) electrons. The predicted molar refractivity (Wildman–Crippen MR) is 91.7 cm³/mol. The van der Waals surface area contributed by atoms with Crippen molar-refractivity contribution in [1.29, 1.82) is 0 Å². The lowest BCUT2D eigenvalue weighted by atomic mass is 10.1. The monoisotopic (exact) mass is 500 g/mol. The molecule has 1 aliphatic heterocycles. The Morgan fingerprint density at radius 2 is 2.20 bits per heavy atom. The van der Waals surface area contributed by atoms with Gasteiger partial charge in [0.25, 0.3) is 5.91 Å². The third kappa shape index (κ3) is 3.02. The van der Waals surface area contributed by atoms with Crippen LogP contribution in [0, 0.1) is 7.14 Å². The van der Waals surface area contributed by atoms with Gasteiger partial charge in [-0.3, -0.25) is 9.59 Å². The zero-order valence-electron chi connectivity index (χ0n) is 10.8. The van der Waals surface area contributed by atoms with Crippen LogP contribution in [0.25, 0.3) is 0 Å². The van der Waals surface area contributed by atoms with Crippen LogP contribution in [0.1, 0.15) is 23.7 Å². The SMILES string of the molecule is CCC1C(=O)NCCN1C(=O)c1cc(I)cc(I)c1O. The van der Waals surface area contributed by atoms with Gasteiger partial charge < -0.3 is 15.3 Å². The minimum absolute atomic E-state index is 0.0168. The summed E-state index contributed by atoms with van der Waals surface area (Å²) in [5.74, 6) is -0.440. The van der Waals surface area contributed by atoms with E-state index in [2.05, 4.69) is 27.9 Å². The van der Waals surface area contributed by atoms with E-state index in [9.17, 15) is 14.7 Å². The van der Waals surface area contributed by atoms with E-state index in [1.807, 2.05) is 29.5 Å². The first-order chi connectivity index (χ1) is 9.45. The number of rotatable bonds is 2. The normalized spacial score (nSPS) is 18.9. The number of aromatic hydroxyl groups is 1. The molecule has 1 aromatic carbocycles. The third-order valence-electron chi connectivity index (χ3n) is 3.24. The van der Waals surface area contributed by atoms with Crippen molar-refractivity contribution in [3.05, 3.63) is 24.8 Å². The summed E-state index contributed by atoms with van der Waals surface area (Å²) < 4.78 is 1.51. The first-order valence-corrected chi connectivity index (χ1v) is 8.38. The number of phenols is 1. The predicted octanol–water partition coefficient (Wildman–Crippen LogP) is 1.95. The van der Waals surface area contributed by atoms with E-state index >= 15 is 0 Å². The third-order valence-corrected chi connectivity index (χ3v) is 4.68. The summed E-state index contributed by atoms with van der Waals surface area (Å²) in [6, 6.07) is 2.98. The van der Waals surface area contributed by atoms with Crippen molar-refractivity contribution >= 4 is 57.0 Å². The van der Waals surface area contributed by atoms with Gasteiger partial charge in [-0.2, -0.15) is 0 Å². The Kier molecular flexibility index (Phi) is 5.10. The summed E-state index contributed by atoms with van der Waals surface area (Å²) in [6.07, 6.45) is 0.555.